The quantitative estimate of drug-likeness (QED) is 0.327. The maximum absolute atomic E-state index is 13.3. The summed E-state index contributed by atoms with van der Waals surface area (Å²) in [7, 11) is 5.34. The summed E-state index contributed by atoms with van der Waals surface area (Å²) in [5, 5.41) is 9.19. The standard InChI is InChI=1S/C33H43N5O5/c1-31(2,3)43-30(40)38-32(4)14-15-33(38,5)20-24(19-32)37(7)28-12-11-26(34-35-28)25-10-9-22(17-27(25)42-21-41-8)23-13-16-36(6)29(39)18-23/h9-13,16-18,24H,14-15,19-21H2,1-8H3. The normalized spacial score (nSPS) is 23.3. The minimum atomic E-state index is -0.538. The molecule has 2 atom stereocenters. The molecule has 10 heteroatoms. The topological polar surface area (TPSA) is 99.0 Å². The first-order valence-corrected chi connectivity index (χ1v) is 14.8. The van der Waals surface area contributed by atoms with E-state index in [4.69, 9.17) is 14.2 Å². The average molecular weight is 590 g/mol. The molecule has 4 heterocycles. The molecule has 2 aromatic heterocycles. The Morgan fingerprint density at radius 1 is 1.02 bits per heavy atom. The molecule has 2 bridgehead atoms. The fourth-order valence-corrected chi connectivity index (χ4v) is 6.64. The van der Waals surface area contributed by atoms with Crippen LogP contribution in [0.5, 0.6) is 5.75 Å². The van der Waals surface area contributed by atoms with Crippen LogP contribution in [0.3, 0.4) is 0 Å². The van der Waals surface area contributed by atoms with Crippen LogP contribution in [0.2, 0.25) is 0 Å². The first-order chi connectivity index (χ1) is 20.2. The molecule has 2 aliphatic heterocycles. The van der Waals surface area contributed by atoms with Gasteiger partial charge in [0, 0.05) is 56.2 Å². The van der Waals surface area contributed by atoms with Gasteiger partial charge >= 0.3 is 6.09 Å². The van der Waals surface area contributed by atoms with Crippen molar-refractivity contribution in [3.05, 3.63) is 59.0 Å². The van der Waals surface area contributed by atoms with Crippen LogP contribution in [-0.4, -0.2) is 69.4 Å². The Kier molecular flexibility index (Phi) is 8.02. The molecule has 0 radical (unpaired) electrons. The van der Waals surface area contributed by atoms with E-state index in [0.29, 0.717) is 11.4 Å². The number of methoxy groups -OCH3 is 1. The van der Waals surface area contributed by atoms with E-state index in [1.54, 1.807) is 26.4 Å². The van der Waals surface area contributed by atoms with Crippen molar-refractivity contribution >= 4 is 11.9 Å². The average Bonchev–Trinajstić information content (AvgIpc) is 3.12. The van der Waals surface area contributed by atoms with Crippen molar-refractivity contribution < 1.29 is 19.0 Å². The number of carbonyl (C=O) groups excluding carboxylic acids is 1. The van der Waals surface area contributed by atoms with Gasteiger partial charge in [-0.05, 0) is 102 Å². The van der Waals surface area contributed by atoms with Gasteiger partial charge in [-0.3, -0.25) is 9.69 Å². The summed E-state index contributed by atoms with van der Waals surface area (Å²) in [5.74, 6) is 1.35. The van der Waals surface area contributed by atoms with Crippen LogP contribution in [0, 0.1) is 0 Å². The van der Waals surface area contributed by atoms with E-state index in [1.165, 1.54) is 4.57 Å². The van der Waals surface area contributed by atoms with Gasteiger partial charge in [0.25, 0.3) is 5.56 Å². The number of carbonyl (C=O) groups is 1. The number of piperidine rings is 1. The molecule has 0 spiro atoms. The Bertz CT molecular complexity index is 1530. The zero-order valence-electron chi connectivity index (χ0n) is 26.5. The first-order valence-electron chi connectivity index (χ1n) is 14.8. The summed E-state index contributed by atoms with van der Waals surface area (Å²) < 4.78 is 18.4. The lowest BCUT2D eigenvalue weighted by molar-refractivity contribution is -0.0357. The number of nitrogens with zero attached hydrogens (tertiary/aromatic N) is 5. The largest absolute Gasteiger partial charge is 0.467 e. The van der Waals surface area contributed by atoms with Gasteiger partial charge in [0.1, 0.15) is 11.4 Å². The fourth-order valence-electron chi connectivity index (χ4n) is 6.64. The predicted molar refractivity (Wildman–Crippen MR) is 166 cm³/mol. The van der Waals surface area contributed by atoms with Crippen molar-refractivity contribution in [1.29, 1.82) is 0 Å². The van der Waals surface area contributed by atoms with Crippen molar-refractivity contribution in [2.45, 2.75) is 83.0 Å². The van der Waals surface area contributed by atoms with Gasteiger partial charge in [0.05, 0.1) is 5.69 Å². The summed E-state index contributed by atoms with van der Waals surface area (Å²) in [6.07, 6.45) is 5.04. The van der Waals surface area contributed by atoms with Crippen molar-refractivity contribution in [2.24, 2.45) is 7.05 Å². The van der Waals surface area contributed by atoms with Crippen molar-refractivity contribution in [2.75, 3.05) is 25.9 Å². The molecule has 0 aliphatic carbocycles. The number of fused-ring (bicyclic) bond motifs is 2. The Morgan fingerprint density at radius 2 is 1.70 bits per heavy atom. The van der Waals surface area contributed by atoms with Crippen LogP contribution in [0.15, 0.2) is 53.5 Å². The second-order valence-electron chi connectivity index (χ2n) is 13.4. The monoisotopic (exact) mass is 589 g/mol. The van der Waals surface area contributed by atoms with Gasteiger partial charge < -0.3 is 23.7 Å². The fraction of sp³-hybridized carbons (Fsp3) is 0.515. The van der Waals surface area contributed by atoms with E-state index in [9.17, 15) is 9.59 Å². The Balaban J connectivity index is 1.37. The smallest absolute Gasteiger partial charge is 0.411 e. The first kappa shape index (κ1) is 30.5. The lowest BCUT2D eigenvalue weighted by atomic mass is 9.82. The van der Waals surface area contributed by atoms with Crippen molar-refractivity contribution in [3.8, 4) is 28.1 Å². The maximum Gasteiger partial charge on any atom is 0.411 e. The number of anilines is 1. The third-order valence-corrected chi connectivity index (χ3v) is 8.80. The zero-order valence-corrected chi connectivity index (χ0v) is 26.5. The number of ether oxygens (including phenoxy) is 3. The molecule has 10 nitrogen and oxygen atoms in total. The maximum atomic E-state index is 13.3. The van der Waals surface area contributed by atoms with E-state index in [1.807, 2.05) is 62.1 Å². The molecule has 2 unspecified atom stereocenters. The highest BCUT2D eigenvalue weighted by Gasteiger charge is 2.59. The minimum Gasteiger partial charge on any atom is -0.467 e. The van der Waals surface area contributed by atoms with Crippen LogP contribution in [0.25, 0.3) is 22.4 Å². The molecule has 2 aliphatic rings. The zero-order chi connectivity index (χ0) is 31.2. The highest BCUT2D eigenvalue weighted by Crippen LogP contribution is 2.52. The second-order valence-corrected chi connectivity index (χ2v) is 13.4. The third kappa shape index (κ3) is 6.11. The summed E-state index contributed by atoms with van der Waals surface area (Å²) in [5.41, 5.74) is 1.88. The van der Waals surface area contributed by atoms with Gasteiger partial charge in [-0.1, -0.05) is 6.07 Å². The van der Waals surface area contributed by atoms with Gasteiger partial charge in [0.15, 0.2) is 12.6 Å². The van der Waals surface area contributed by atoms with E-state index in [0.717, 1.165) is 48.2 Å². The summed E-state index contributed by atoms with van der Waals surface area (Å²) in [4.78, 5) is 29.6. The number of hydrogen-bond acceptors (Lipinski definition) is 8. The van der Waals surface area contributed by atoms with Crippen LogP contribution in [0.4, 0.5) is 10.6 Å². The lowest BCUT2D eigenvalue weighted by Gasteiger charge is -2.52. The third-order valence-electron chi connectivity index (χ3n) is 8.80. The SMILES string of the molecule is COCOc1cc(-c2ccn(C)c(=O)c2)ccc1-c1ccc(N(C)C2CC3(C)CCC(C)(C2)N3C(=O)OC(C)(C)C)nn1. The van der Waals surface area contributed by atoms with Crippen LogP contribution < -0.4 is 15.2 Å². The molecule has 3 aromatic rings. The van der Waals surface area contributed by atoms with E-state index >= 15 is 0 Å². The molecular formula is C33H43N5O5. The molecule has 2 saturated heterocycles. The molecular weight excluding hydrogens is 546 g/mol. The lowest BCUT2D eigenvalue weighted by Crippen LogP contribution is -2.63. The molecule has 0 N–H and O–H groups in total. The van der Waals surface area contributed by atoms with Gasteiger partial charge in [-0.2, -0.15) is 0 Å². The Morgan fingerprint density at radius 3 is 2.28 bits per heavy atom. The van der Waals surface area contributed by atoms with E-state index < -0.39 is 5.60 Å². The number of amides is 1. The number of aryl methyl sites for hydroxylation is 1. The minimum absolute atomic E-state index is 0.0702. The Hall–Kier alpha value is -3.92. The van der Waals surface area contributed by atoms with Gasteiger partial charge in [-0.25, -0.2) is 4.79 Å². The molecule has 2 fully saturated rings. The van der Waals surface area contributed by atoms with Crippen LogP contribution >= 0.6 is 0 Å². The van der Waals surface area contributed by atoms with Gasteiger partial charge in [0.2, 0.25) is 0 Å². The highest BCUT2D eigenvalue weighted by atomic mass is 16.7. The second kappa shape index (κ2) is 11.3. The molecule has 1 amide bonds. The molecule has 43 heavy (non-hydrogen) atoms. The van der Waals surface area contributed by atoms with Crippen LogP contribution in [-0.2, 0) is 16.5 Å². The number of pyridine rings is 1. The number of aromatic nitrogens is 3. The number of benzene rings is 1. The predicted octanol–water partition coefficient (Wildman–Crippen LogP) is 5.64. The number of hydrogen-bond donors (Lipinski definition) is 0. The molecule has 5 rings (SSSR count). The molecule has 1 aromatic carbocycles. The number of rotatable bonds is 7. The van der Waals surface area contributed by atoms with Crippen molar-refractivity contribution in [3.63, 3.8) is 0 Å². The van der Waals surface area contributed by atoms with E-state index in [2.05, 4.69) is 36.0 Å². The highest BCUT2D eigenvalue weighted by molar-refractivity contribution is 5.75. The summed E-state index contributed by atoms with van der Waals surface area (Å²) in [6.45, 7) is 10.2. The van der Waals surface area contributed by atoms with Crippen LogP contribution in [0.1, 0.15) is 60.3 Å². The molecule has 230 valence electrons. The van der Waals surface area contributed by atoms with Crippen molar-refractivity contribution in [1.82, 2.24) is 19.7 Å². The van der Waals surface area contributed by atoms with E-state index in [-0.39, 0.29) is 35.6 Å². The summed E-state index contributed by atoms with van der Waals surface area (Å²) in [6, 6.07) is 13.4. The van der Waals surface area contributed by atoms with Gasteiger partial charge in [-0.15, -0.1) is 10.2 Å². The summed E-state index contributed by atoms with van der Waals surface area (Å²) >= 11 is 0. The Labute approximate surface area is 253 Å². The molecule has 0 saturated carbocycles.